The maximum absolute atomic E-state index is 12.7. The zero-order valence-corrected chi connectivity index (χ0v) is 21.6. The lowest BCUT2D eigenvalue weighted by atomic mass is 9.82. The third-order valence-electron chi connectivity index (χ3n) is 6.87. The summed E-state index contributed by atoms with van der Waals surface area (Å²) in [4.78, 5) is 41.9. The molecule has 3 rings (SSSR count). The van der Waals surface area contributed by atoms with E-state index >= 15 is 0 Å². The standard InChI is InChI=1S/C28H36N2O5/c1-16(2)24-23(25(35-28(33)34-6)18(4)19(5)29-24)15-20-9-13-22(14-10-20)27(32)30-26(31)21-11-7-17(3)8-12-21/h9-10,13-14,16-17,21H,7-8,11-12,15H2,1-6H3,(H,30,31,32). The maximum Gasteiger partial charge on any atom is 0.513 e. The van der Waals surface area contributed by atoms with Gasteiger partial charge in [0, 0.05) is 34.7 Å². The van der Waals surface area contributed by atoms with Crippen LogP contribution in [-0.4, -0.2) is 30.1 Å². The molecule has 35 heavy (non-hydrogen) atoms. The molecule has 2 amide bonds. The van der Waals surface area contributed by atoms with E-state index in [1.165, 1.54) is 7.11 Å². The number of imide groups is 1. The Morgan fingerprint density at radius 1 is 1.06 bits per heavy atom. The molecule has 188 valence electrons. The highest BCUT2D eigenvalue weighted by molar-refractivity contribution is 6.05. The normalized spacial score (nSPS) is 17.7. The van der Waals surface area contributed by atoms with Crippen LogP contribution in [0.4, 0.5) is 4.79 Å². The van der Waals surface area contributed by atoms with Gasteiger partial charge in [0.2, 0.25) is 5.91 Å². The number of hydrogen-bond donors (Lipinski definition) is 1. The molecule has 0 aliphatic heterocycles. The van der Waals surface area contributed by atoms with Crippen LogP contribution in [-0.2, 0) is 16.0 Å². The number of carbonyl (C=O) groups excluding carboxylic acids is 3. The summed E-state index contributed by atoms with van der Waals surface area (Å²) >= 11 is 0. The molecule has 0 radical (unpaired) electrons. The molecule has 1 N–H and O–H groups in total. The van der Waals surface area contributed by atoms with Crippen molar-refractivity contribution in [2.75, 3.05) is 7.11 Å². The van der Waals surface area contributed by atoms with Crippen molar-refractivity contribution in [1.82, 2.24) is 10.3 Å². The van der Waals surface area contributed by atoms with E-state index in [1.54, 1.807) is 12.1 Å². The van der Waals surface area contributed by atoms with Crippen LogP contribution < -0.4 is 10.1 Å². The predicted molar refractivity (Wildman–Crippen MR) is 134 cm³/mol. The molecule has 0 atom stereocenters. The molecule has 1 aromatic carbocycles. The molecular weight excluding hydrogens is 444 g/mol. The number of ether oxygens (including phenoxy) is 2. The van der Waals surface area contributed by atoms with Crippen molar-refractivity contribution < 1.29 is 23.9 Å². The number of hydrogen-bond acceptors (Lipinski definition) is 6. The molecule has 1 fully saturated rings. The molecule has 7 heteroatoms. The molecule has 1 aromatic heterocycles. The highest BCUT2D eigenvalue weighted by Crippen LogP contribution is 2.34. The number of carbonyl (C=O) groups is 3. The van der Waals surface area contributed by atoms with Gasteiger partial charge in [-0.25, -0.2) is 4.79 Å². The predicted octanol–water partition coefficient (Wildman–Crippen LogP) is 5.64. The van der Waals surface area contributed by atoms with Gasteiger partial charge in [0.25, 0.3) is 5.91 Å². The van der Waals surface area contributed by atoms with Gasteiger partial charge in [0.1, 0.15) is 5.75 Å². The van der Waals surface area contributed by atoms with Crippen LogP contribution in [0.15, 0.2) is 24.3 Å². The average molecular weight is 481 g/mol. The van der Waals surface area contributed by atoms with Gasteiger partial charge in [-0.15, -0.1) is 0 Å². The van der Waals surface area contributed by atoms with E-state index in [-0.39, 0.29) is 23.7 Å². The Morgan fingerprint density at radius 3 is 2.26 bits per heavy atom. The number of aryl methyl sites for hydroxylation is 1. The Kier molecular flexibility index (Phi) is 8.65. The van der Waals surface area contributed by atoms with Gasteiger partial charge < -0.3 is 9.47 Å². The lowest BCUT2D eigenvalue weighted by Crippen LogP contribution is -2.37. The third kappa shape index (κ3) is 6.47. The molecule has 1 saturated carbocycles. The molecule has 7 nitrogen and oxygen atoms in total. The number of nitrogens with one attached hydrogen (secondary N) is 1. The molecule has 1 aliphatic rings. The van der Waals surface area contributed by atoms with E-state index < -0.39 is 6.16 Å². The first-order valence-corrected chi connectivity index (χ1v) is 12.3. The van der Waals surface area contributed by atoms with Crippen molar-refractivity contribution in [2.45, 2.75) is 72.6 Å². The Labute approximate surface area is 207 Å². The number of amides is 2. The van der Waals surface area contributed by atoms with E-state index in [0.717, 1.165) is 53.8 Å². The summed E-state index contributed by atoms with van der Waals surface area (Å²) < 4.78 is 10.3. The van der Waals surface area contributed by atoms with Crippen molar-refractivity contribution >= 4 is 18.0 Å². The minimum atomic E-state index is -0.779. The van der Waals surface area contributed by atoms with Crippen LogP contribution in [0.1, 0.15) is 90.8 Å². The Morgan fingerprint density at radius 2 is 1.69 bits per heavy atom. The Balaban J connectivity index is 1.79. The smallest absolute Gasteiger partial charge is 0.437 e. The lowest BCUT2D eigenvalue weighted by molar-refractivity contribution is -0.125. The first kappa shape index (κ1) is 26.4. The quantitative estimate of drug-likeness (QED) is 0.425. The van der Waals surface area contributed by atoms with Gasteiger partial charge in [0.15, 0.2) is 0 Å². The Bertz CT molecular complexity index is 1080. The molecular formula is C28H36N2O5. The van der Waals surface area contributed by atoms with Gasteiger partial charge in [0.05, 0.1) is 12.8 Å². The monoisotopic (exact) mass is 480 g/mol. The number of methoxy groups -OCH3 is 1. The van der Waals surface area contributed by atoms with Gasteiger partial charge in [-0.3, -0.25) is 19.9 Å². The number of pyridine rings is 1. The van der Waals surface area contributed by atoms with Gasteiger partial charge >= 0.3 is 6.16 Å². The molecule has 0 saturated heterocycles. The minimum absolute atomic E-state index is 0.0885. The number of nitrogens with zero attached hydrogens (tertiary/aromatic N) is 1. The molecule has 1 heterocycles. The number of rotatable bonds is 6. The first-order valence-electron chi connectivity index (χ1n) is 12.3. The zero-order valence-electron chi connectivity index (χ0n) is 21.6. The SMILES string of the molecule is COC(=O)Oc1c(C)c(C)nc(C(C)C)c1Cc1ccc(C(=O)NC(=O)C2CCC(C)CC2)cc1. The third-order valence-corrected chi connectivity index (χ3v) is 6.87. The minimum Gasteiger partial charge on any atom is -0.437 e. The summed E-state index contributed by atoms with van der Waals surface area (Å²) in [7, 11) is 1.28. The number of aromatic nitrogens is 1. The number of benzene rings is 1. The van der Waals surface area contributed by atoms with Gasteiger partial charge in [-0.1, -0.05) is 32.9 Å². The topological polar surface area (TPSA) is 94.6 Å². The maximum atomic E-state index is 12.7. The summed E-state index contributed by atoms with van der Waals surface area (Å²) in [5, 5.41) is 2.57. The molecule has 2 aromatic rings. The summed E-state index contributed by atoms with van der Waals surface area (Å²) in [5.74, 6) is 0.563. The van der Waals surface area contributed by atoms with E-state index in [4.69, 9.17) is 14.5 Å². The van der Waals surface area contributed by atoms with Crippen LogP contribution in [0, 0.1) is 25.7 Å². The average Bonchev–Trinajstić information content (AvgIpc) is 2.83. The van der Waals surface area contributed by atoms with Crippen molar-refractivity contribution in [3.63, 3.8) is 0 Å². The van der Waals surface area contributed by atoms with Crippen LogP contribution in [0.2, 0.25) is 0 Å². The van der Waals surface area contributed by atoms with E-state index in [2.05, 4.69) is 12.2 Å². The fourth-order valence-corrected chi connectivity index (χ4v) is 4.54. The first-order chi connectivity index (χ1) is 16.6. The van der Waals surface area contributed by atoms with Crippen molar-refractivity contribution in [1.29, 1.82) is 0 Å². The fraction of sp³-hybridized carbons (Fsp3) is 0.500. The summed E-state index contributed by atoms with van der Waals surface area (Å²) in [6, 6.07) is 7.13. The van der Waals surface area contributed by atoms with Crippen LogP contribution >= 0.6 is 0 Å². The van der Waals surface area contributed by atoms with Crippen molar-refractivity contribution in [3.05, 3.63) is 57.9 Å². The van der Waals surface area contributed by atoms with E-state index in [9.17, 15) is 14.4 Å². The second-order valence-corrected chi connectivity index (χ2v) is 9.87. The molecule has 1 aliphatic carbocycles. The Hall–Kier alpha value is -3.22. The summed E-state index contributed by atoms with van der Waals surface area (Å²) in [6.07, 6.45) is 3.39. The van der Waals surface area contributed by atoms with Crippen LogP contribution in [0.25, 0.3) is 0 Å². The zero-order chi connectivity index (χ0) is 25.7. The summed E-state index contributed by atoms with van der Waals surface area (Å²) in [6.45, 7) is 10.0. The fourth-order valence-electron chi connectivity index (χ4n) is 4.54. The highest BCUT2D eigenvalue weighted by atomic mass is 16.7. The largest absolute Gasteiger partial charge is 0.513 e. The van der Waals surface area contributed by atoms with Crippen LogP contribution in [0.3, 0.4) is 0 Å². The molecule has 0 bridgehead atoms. The molecule has 0 spiro atoms. The second kappa shape index (κ2) is 11.5. The summed E-state index contributed by atoms with van der Waals surface area (Å²) in [5.41, 5.74) is 4.59. The second-order valence-electron chi connectivity index (χ2n) is 9.87. The van der Waals surface area contributed by atoms with E-state index in [1.807, 2.05) is 39.8 Å². The van der Waals surface area contributed by atoms with Crippen molar-refractivity contribution in [2.24, 2.45) is 11.8 Å². The van der Waals surface area contributed by atoms with Crippen LogP contribution in [0.5, 0.6) is 5.75 Å². The van der Waals surface area contributed by atoms with E-state index in [0.29, 0.717) is 23.7 Å². The van der Waals surface area contributed by atoms with Crippen molar-refractivity contribution in [3.8, 4) is 5.75 Å². The van der Waals surface area contributed by atoms with Gasteiger partial charge in [-0.05, 0) is 69.1 Å². The highest BCUT2D eigenvalue weighted by Gasteiger charge is 2.26. The molecule has 0 unspecified atom stereocenters. The van der Waals surface area contributed by atoms with Gasteiger partial charge in [-0.2, -0.15) is 0 Å². The lowest BCUT2D eigenvalue weighted by Gasteiger charge is -2.24.